The van der Waals surface area contributed by atoms with E-state index in [2.05, 4.69) is 87.4 Å². The Morgan fingerprint density at radius 3 is 1.60 bits per heavy atom. The molecule has 558 valence electrons. The second-order valence-electron chi connectivity index (χ2n) is 22.3. The largest absolute Gasteiger partial charge is 0.400 e. The number of ether oxygens (including phenoxy) is 2. The molecule has 0 spiro atoms. The number of nitrogens with one attached hydrogen (secondary N) is 3. The van der Waals surface area contributed by atoms with Gasteiger partial charge in [-0.3, -0.25) is 38.3 Å². The second kappa shape index (κ2) is 67.4. The molecule has 2 fully saturated rings. The van der Waals surface area contributed by atoms with E-state index >= 15 is 4.39 Å². The van der Waals surface area contributed by atoms with Gasteiger partial charge in [-0.05, 0) is 125 Å². The first kappa shape index (κ1) is 106. The third-order valence-electron chi connectivity index (χ3n) is 13.2. The van der Waals surface area contributed by atoms with Crippen molar-refractivity contribution in [2.75, 3.05) is 38.9 Å². The summed E-state index contributed by atoms with van der Waals surface area (Å²) in [5, 5.41) is 28.1. The van der Waals surface area contributed by atoms with Crippen LogP contribution < -0.4 is 27.8 Å². The van der Waals surface area contributed by atoms with Crippen LogP contribution in [0.15, 0.2) is 104 Å². The van der Waals surface area contributed by atoms with Crippen LogP contribution in [0, 0.1) is 187 Å². The van der Waals surface area contributed by atoms with Crippen LogP contribution in [0.3, 0.4) is 0 Å². The number of H-pyrrole nitrogens is 2. The van der Waals surface area contributed by atoms with E-state index < -0.39 is 80.2 Å². The third kappa shape index (κ3) is 48.7. The number of hydrogen-bond donors (Lipinski definition) is 7. The van der Waals surface area contributed by atoms with Gasteiger partial charge in [0.15, 0.2) is 24.8 Å². The second-order valence-corrected chi connectivity index (χ2v) is 37.0. The maximum atomic E-state index is 15.8. The zero-order chi connectivity index (χ0) is 73.6. The number of aromatic nitrogens is 4. The standard InChI is InChI=1S/C33H51FN3O6PS2.C17H27NO2S2.C9H11FN2O4.2CH4O.S6.6U/c1-23(2)37(24(3)4)44(43-30-25(5)42-31(29(30)34)36-20-18-28(39)35-32(36)40)41-21-11-12-22-45-46-33(6,7)19-17-27(38)16-15-26-13-9-8-10-14-26;1-17(2,22-21-13-7-6-12-19)11-10-16(20)18-14-15-8-4-3-5-9-15;1-4-7(14)6(10)8(16-4)12-3-2-5(13)11-9(12)15;2*1-2;1-3-5-6-4-2;;;;;;/h8-10,13-14,18,20,23-25,29-31H,11-12,15-17,19,21-22H2,1-7H3,(H,35,39,40);3-5,8-9,19H,6-7,10-14H2,1-2H3,(H,18,20);2-4,6-8,14H,1H3,(H,11,13,15);2*2H,1H3;;;;;;;/i5D;;1D;2*2T;;;;;;;. The average molecular weight is 2960 g/mol. The summed E-state index contributed by atoms with van der Waals surface area (Å²) < 4.78 is 83.4. The summed E-state index contributed by atoms with van der Waals surface area (Å²) in [6.45, 7) is 17.6. The molecule has 0 aliphatic carbocycles. The molecule has 100 heavy (non-hydrogen) atoms. The molecule has 39 heteroatoms. The summed E-state index contributed by atoms with van der Waals surface area (Å²) in [5.74, 6) is 2.39. The fraction of sp³-hybridized carbons (Fsp3) is 0.639. The maximum Gasteiger partial charge on any atom is 0.330 e. The van der Waals surface area contributed by atoms with Crippen LogP contribution in [0.2, 0.25) is 0 Å². The van der Waals surface area contributed by atoms with Crippen molar-refractivity contribution < 1.29 is 247 Å². The first-order valence-electron chi connectivity index (χ1n) is 32.2. The van der Waals surface area contributed by atoms with Gasteiger partial charge in [-0.1, -0.05) is 104 Å². The van der Waals surface area contributed by atoms with Crippen molar-refractivity contribution in [3.8, 4) is 0 Å². The number of alkyl halides is 2. The van der Waals surface area contributed by atoms with E-state index in [-0.39, 0.29) is 235 Å². The number of hydrogen-bond acceptors (Lipinski definition) is 21. The number of ketones is 1. The summed E-state index contributed by atoms with van der Waals surface area (Å²) in [6, 6.07) is 22.4. The van der Waals surface area contributed by atoms with E-state index in [1.165, 1.54) is 61.5 Å². The van der Waals surface area contributed by atoms with Crippen molar-refractivity contribution in [1.29, 1.82) is 2.86 Å². The number of carbonyl (C=O) groups excluding carboxylic acids is 2. The molecule has 2 aliphatic rings. The molecule has 6 rings (SSSR count). The number of amides is 1. The Hall–Kier alpha value is 3.90. The molecule has 2 aromatic carbocycles. The minimum absolute atomic E-state index is 0. The predicted molar refractivity (Wildman–Crippen MR) is 398 cm³/mol. The Kier molecular flexibility index (Phi) is 71.4. The smallest absolute Gasteiger partial charge is 0.330 e. The zero-order valence-corrected chi connectivity index (χ0v) is 91.8. The fourth-order valence-corrected chi connectivity index (χ4v) is 21.2. The van der Waals surface area contributed by atoms with Crippen molar-refractivity contribution in [2.45, 2.75) is 211 Å². The number of aliphatic hydroxyl groups is 4. The van der Waals surface area contributed by atoms with Crippen molar-refractivity contribution in [3.63, 3.8) is 0 Å². The summed E-state index contributed by atoms with van der Waals surface area (Å²) in [5.41, 5.74) is -0.469. The predicted octanol–water partition coefficient (Wildman–Crippen LogP) is 9.83. The van der Waals surface area contributed by atoms with Crippen LogP contribution in [0.1, 0.15) is 153 Å². The van der Waals surface area contributed by atoms with Crippen molar-refractivity contribution in [2.24, 2.45) is 0 Å². The van der Waals surface area contributed by atoms with Gasteiger partial charge in [0.25, 0.3) is 19.6 Å². The van der Waals surface area contributed by atoms with E-state index in [9.17, 15) is 38.3 Å². The Morgan fingerprint density at radius 2 is 1.16 bits per heavy atom. The van der Waals surface area contributed by atoms with Crippen LogP contribution in [0.25, 0.3) is 0 Å². The molecule has 4 heterocycles. The van der Waals surface area contributed by atoms with Gasteiger partial charge in [0, 0.05) is 352 Å². The van der Waals surface area contributed by atoms with Crippen LogP contribution in [-0.2, 0) is 99.0 Å². The molecule has 0 radical (unpaired) electrons. The molecule has 9 atom stereocenters. The first-order chi connectivity index (χ1) is 46.6. The Bertz CT molecular complexity index is 3280. The van der Waals surface area contributed by atoms with Gasteiger partial charge in [0.1, 0.15) is 18.0 Å². The topological polar surface area (TPSA) is 277 Å². The van der Waals surface area contributed by atoms with Crippen LogP contribution in [0.4, 0.5) is 8.78 Å². The molecule has 2 saturated heterocycles. The van der Waals surface area contributed by atoms with E-state index in [0.717, 1.165) is 89.5 Å². The van der Waals surface area contributed by atoms with Crippen molar-refractivity contribution >= 4 is 121 Å². The Morgan fingerprint density at radius 1 is 0.710 bits per heavy atom. The quantitative estimate of drug-likeness (QED) is 0.0136. The first-order valence-corrected chi connectivity index (χ1v) is 42.4. The maximum absolute atomic E-state index is 15.8. The molecule has 0 saturated carbocycles. The van der Waals surface area contributed by atoms with Gasteiger partial charge >= 0.3 is 11.4 Å². The van der Waals surface area contributed by atoms with Crippen LogP contribution in [0.5, 0.6) is 0 Å². The number of benzene rings is 2. The van der Waals surface area contributed by atoms with Crippen molar-refractivity contribution in [3.05, 3.63) is 138 Å². The molecular weight excluding hydrogens is 2860 g/mol. The molecule has 2 aliphatic heterocycles. The number of aliphatic hydroxyl groups excluding tert-OH is 4. The number of halogens is 2. The monoisotopic (exact) mass is 2960 g/mol. The number of aryl methyl sites for hydroxylation is 1. The average Bonchev–Trinajstić information content (AvgIpc) is 1.65. The number of nitrogens with zero attached hydrogens (tertiary/aromatic N) is 3. The molecule has 9 unspecified atom stereocenters. The van der Waals surface area contributed by atoms with Crippen LogP contribution >= 0.6 is 51.7 Å². The normalized spacial score (nSPS) is 18.6. The molecule has 20 nitrogen and oxygen atoms in total. The summed E-state index contributed by atoms with van der Waals surface area (Å²) in [6.07, 6.45) is -0.548. The fourth-order valence-electron chi connectivity index (χ4n) is 8.44. The van der Waals surface area contributed by atoms with E-state index in [4.69, 9.17) is 29.2 Å². The van der Waals surface area contributed by atoms with Gasteiger partial charge in [-0.25, -0.2) is 23.0 Å². The molecular formula is C61H97F2N6O14PS10U6. The minimum atomic E-state index is -1.81. The molecule has 2 aromatic heterocycles. The van der Waals surface area contributed by atoms with Crippen molar-refractivity contribution in [1.82, 2.24) is 29.1 Å². The van der Waals surface area contributed by atoms with Gasteiger partial charge in [0.2, 0.25) is 8.77 Å². The summed E-state index contributed by atoms with van der Waals surface area (Å²) in [4.78, 5) is 74.6. The SMILES string of the molecule is CC(C)(CCC(=O)NCc1ccccc1)SSCCCCO.S=S=S=S=S=S.[2H]CC1OC(n2ccc(=O)[nH]c2=O)C(F)C1O.[2H]CC1OC(n2ccc(=O)[nH]c2=O)C(F)C1OP(OCCCCSSC(C)(C)CCC(=O)CCc1ccccc1)N(C(C)C)C(C)C.[3H]OC.[3H]OC.[U].[U].[U].[U].[U].[U]. The molecule has 0 bridgehead atoms. The van der Waals surface area contributed by atoms with Gasteiger partial charge in [-0.15, -0.1) is 0 Å². The van der Waals surface area contributed by atoms with Crippen LogP contribution in [-0.4, -0.2) is 156 Å². The minimum Gasteiger partial charge on any atom is -0.400 e. The molecule has 1 amide bonds. The number of carbonyl (C=O) groups is 2. The van der Waals surface area contributed by atoms with E-state index in [1.54, 1.807) is 10.8 Å². The van der Waals surface area contributed by atoms with E-state index in [1.807, 2.05) is 114 Å². The van der Waals surface area contributed by atoms with Gasteiger partial charge < -0.3 is 44.3 Å². The third-order valence-corrected chi connectivity index (χ3v) is 28.9. The summed E-state index contributed by atoms with van der Waals surface area (Å²) >= 11 is 9.03. The molecule has 7 N–H and O–H groups in total. The number of Topliss-reactive ketones (excluding diaryl/α,β-unsaturated/α-hetero) is 1. The van der Waals surface area contributed by atoms with E-state index in [0.29, 0.717) is 38.2 Å². The van der Waals surface area contributed by atoms with Gasteiger partial charge in [0.05, 0.1) is 18.8 Å². The number of unbranched alkanes of at least 4 members (excludes halogenated alkanes) is 2. The number of aromatic amines is 2. The Balaban J connectivity index is -0.000000349. The summed E-state index contributed by atoms with van der Waals surface area (Å²) in [7, 11) is 13.8. The number of rotatable bonds is 32. The Labute approximate surface area is 775 Å². The zero-order valence-electron chi connectivity index (χ0n) is 61.8. The van der Waals surface area contributed by atoms with Gasteiger partial charge in [-0.2, -0.15) is 0 Å². The molecule has 4 aromatic rings.